The fraction of sp³-hybridized carbons (Fsp3) is 0.0909. The Balaban J connectivity index is 1.67. The Morgan fingerprint density at radius 3 is 1.65 bits per heavy atom. The van der Waals surface area contributed by atoms with Crippen LogP contribution in [0, 0.1) is 3.57 Å². The molecular weight excluding hydrogens is 639 g/mol. The molecule has 0 atom stereocenters. The van der Waals surface area contributed by atoms with Crippen molar-refractivity contribution in [3.05, 3.63) is 78.7 Å². The molecule has 160 valence electrons. The molecule has 3 rings (SSSR count). The molecule has 0 bridgehead atoms. The summed E-state index contributed by atoms with van der Waals surface area (Å²) in [5.41, 5.74) is 3.58. The summed E-state index contributed by atoms with van der Waals surface area (Å²) in [6, 6.07) is 17.8. The van der Waals surface area contributed by atoms with Crippen molar-refractivity contribution >= 4 is 89.3 Å². The lowest BCUT2D eigenvalue weighted by molar-refractivity contribution is 0.261. The van der Waals surface area contributed by atoms with Crippen molar-refractivity contribution < 1.29 is 9.59 Å². The van der Waals surface area contributed by atoms with Crippen LogP contribution in [-0.4, -0.2) is 12.1 Å². The highest BCUT2D eigenvalue weighted by atomic mass is 127. The van der Waals surface area contributed by atoms with Crippen molar-refractivity contribution in [2.45, 2.75) is 13.3 Å². The molecule has 0 aliphatic heterocycles. The minimum absolute atomic E-state index is 0.387. The van der Waals surface area contributed by atoms with Crippen molar-refractivity contribution in [2.24, 2.45) is 0 Å². The Labute approximate surface area is 211 Å². The van der Waals surface area contributed by atoms with Crippen molar-refractivity contribution in [1.29, 1.82) is 0 Å². The van der Waals surface area contributed by atoms with Gasteiger partial charge in [0.25, 0.3) is 0 Å². The molecule has 9 heteroatoms. The fourth-order valence-electron chi connectivity index (χ4n) is 2.67. The SMILES string of the molecule is CCc1ccc(NC(=O)Nc2cc(NC(=O)Nc3ccc(I)cc3)c(Br)cc2Br)cc1. The Morgan fingerprint density at radius 1 is 0.742 bits per heavy atom. The smallest absolute Gasteiger partial charge is 0.308 e. The lowest BCUT2D eigenvalue weighted by Crippen LogP contribution is -2.21. The number of anilines is 4. The fourth-order valence-corrected chi connectivity index (χ4v) is 4.22. The molecule has 0 spiro atoms. The molecule has 4 amide bonds. The largest absolute Gasteiger partial charge is 0.323 e. The second-order valence-electron chi connectivity index (χ2n) is 6.53. The summed E-state index contributed by atoms with van der Waals surface area (Å²) in [6.45, 7) is 2.08. The predicted molar refractivity (Wildman–Crippen MR) is 142 cm³/mol. The van der Waals surface area contributed by atoms with Crippen molar-refractivity contribution in [2.75, 3.05) is 21.3 Å². The molecule has 0 unspecified atom stereocenters. The maximum absolute atomic E-state index is 12.4. The zero-order valence-electron chi connectivity index (χ0n) is 16.4. The van der Waals surface area contributed by atoms with Crippen LogP contribution in [0.2, 0.25) is 0 Å². The minimum atomic E-state index is -0.393. The molecule has 3 aromatic carbocycles. The summed E-state index contributed by atoms with van der Waals surface area (Å²) >= 11 is 9.08. The highest BCUT2D eigenvalue weighted by Gasteiger charge is 2.12. The Bertz CT molecular complexity index is 1090. The van der Waals surface area contributed by atoms with E-state index in [4.69, 9.17) is 0 Å². The topological polar surface area (TPSA) is 82.3 Å². The van der Waals surface area contributed by atoms with E-state index in [1.54, 1.807) is 12.1 Å². The number of amides is 4. The van der Waals surface area contributed by atoms with E-state index in [2.05, 4.69) is 82.6 Å². The van der Waals surface area contributed by atoms with E-state index in [1.165, 1.54) is 5.56 Å². The van der Waals surface area contributed by atoms with Gasteiger partial charge >= 0.3 is 12.1 Å². The zero-order chi connectivity index (χ0) is 22.4. The summed E-state index contributed by atoms with van der Waals surface area (Å²) in [7, 11) is 0. The van der Waals surface area contributed by atoms with E-state index in [0.717, 1.165) is 9.99 Å². The Hall–Kier alpha value is -2.11. The first-order valence-corrected chi connectivity index (χ1v) is 12.0. The third kappa shape index (κ3) is 6.94. The van der Waals surface area contributed by atoms with Crippen LogP contribution in [0.1, 0.15) is 12.5 Å². The Kier molecular flexibility index (Phi) is 8.33. The number of halogens is 3. The van der Waals surface area contributed by atoms with Crippen molar-refractivity contribution in [1.82, 2.24) is 0 Å². The number of nitrogens with one attached hydrogen (secondary N) is 4. The molecule has 4 N–H and O–H groups in total. The highest BCUT2D eigenvalue weighted by molar-refractivity contribution is 14.1. The van der Waals surface area contributed by atoms with E-state index >= 15 is 0 Å². The summed E-state index contributed by atoms with van der Waals surface area (Å²) < 4.78 is 2.41. The van der Waals surface area contributed by atoms with Crippen LogP contribution in [0.25, 0.3) is 0 Å². The van der Waals surface area contributed by atoms with Gasteiger partial charge in [-0.15, -0.1) is 0 Å². The average molecular weight is 658 g/mol. The second kappa shape index (κ2) is 11.0. The van der Waals surface area contributed by atoms with Gasteiger partial charge in [0.2, 0.25) is 0 Å². The minimum Gasteiger partial charge on any atom is -0.308 e. The van der Waals surface area contributed by atoms with E-state index in [9.17, 15) is 9.59 Å². The zero-order valence-corrected chi connectivity index (χ0v) is 21.8. The van der Waals surface area contributed by atoms with Gasteiger partial charge in [0.15, 0.2) is 0 Å². The number of carbonyl (C=O) groups excluding carboxylic acids is 2. The lowest BCUT2D eigenvalue weighted by Gasteiger charge is -2.14. The normalized spacial score (nSPS) is 10.3. The molecule has 0 radical (unpaired) electrons. The van der Waals surface area contributed by atoms with E-state index in [0.29, 0.717) is 31.7 Å². The molecule has 6 nitrogen and oxygen atoms in total. The second-order valence-corrected chi connectivity index (χ2v) is 9.48. The summed E-state index contributed by atoms with van der Waals surface area (Å²) in [4.78, 5) is 24.8. The highest BCUT2D eigenvalue weighted by Crippen LogP contribution is 2.33. The molecule has 0 fully saturated rings. The number of hydrogen-bond acceptors (Lipinski definition) is 2. The van der Waals surface area contributed by atoms with Crippen LogP contribution >= 0.6 is 54.5 Å². The van der Waals surface area contributed by atoms with Gasteiger partial charge in [0, 0.05) is 23.9 Å². The van der Waals surface area contributed by atoms with Gasteiger partial charge in [-0.05, 0) is 115 Å². The van der Waals surface area contributed by atoms with Gasteiger partial charge in [-0.25, -0.2) is 9.59 Å². The van der Waals surface area contributed by atoms with Gasteiger partial charge in [-0.3, -0.25) is 0 Å². The van der Waals surface area contributed by atoms with Crippen LogP contribution in [-0.2, 0) is 6.42 Å². The summed E-state index contributed by atoms with van der Waals surface area (Å²) in [5.74, 6) is 0. The standard InChI is InChI=1S/C22H19Br2IN4O2/c1-2-13-3-7-15(8-4-13)26-21(30)28-19-12-20(18(24)11-17(19)23)29-22(31)27-16-9-5-14(25)6-10-16/h3-12H,2H2,1H3,(H2,26,28,30)(H2,27,29,31). The number of benzene rings is 3. The van der Waals surface area contributed by atoms with Crippen LogP contribution in [0.5, 0.6) is 0 Å². The maximum atomic E-state index is 12.4. The average Bonchev–Trinajstić information content (AvgIpc) is 2.73. The molecular formula is C22H19Br2IN4O2. The van der Waals surface area contributed by atoms with Crippen molar-refractivity contribution in [3.63, 3.8) is 0 Å². The Morgan fingerprint density at radius 2 is 1.19 bits per heavy atom. The molecule has 0 aromatic heterocycles. The first-order chi connectivity index (χ1) is 14.8. The summed E-state index contributed by atoms with van der Waals surface area (Å²) in [5, 5.41) is 11.2. The predicted octanol–water partition coefficient (Wildman–Crippen LogP) is 7.67. The number of aryl methyl sites for hydroxylation is 1. The van der Waals surface area contributed by atoms with Gasteiger partial charge in [-0.2, -0.15) is 0 Å². The molecule has 0 heterocycles. The summed E-state index contributed by atoms with van der Waals surface area (Å²) in [6.07, 6.45) is 0.936. The number of urea groups is 2. The van der Waals surface area contributed by atoms with Crippen LogP contribution in [0.15, 0.2) is 69.6 Å². The monoisotopic (exact) mass is 656 g/mol. The maximum Gasteiger partial charge on any atom is 0.323 e. The quantitative estimate of drug-likeness (QED) is 0.213. The molecule has 0 saturated heterocycles. The number of carbonyl (C=O) groups is 2. The lowest BCUT2D eigenvalue weighted by atomic mass is 10.1. The van der Waals surface area contributed by atoms with Crippen LogP contribution in [0.4, 0.5) is 32.3 Å². The first-order valence-electron chi connectivity index (χ1n) is 9.33. The van der Waals surface area contributed by atoms with Crippen molar-refractivity contribution in [3.8, 4) is 0 Å². The van der Waals surface area contributed by atoms with Gasteiger partial charge in [-0.1, -0.05) is 19.1 Å². The van der Waals surface area contributed by atoms with Gasteiger partial charge in [0.1, 0.15) is 0 Å². The molecule has 0 aliphatic carbocycles. The molecule has 3 aromatic rings. The van der Waals surface area contributed by atoms with Crippen LogP contribution in [0.3, 0.4) is 0 Å². The number of rotatable bonds is 5. The molecule has 0 aliphatic rings. The van der Waals surface area contributed by atoms with Crippen LogP contribution < -0.4 is 21.3 Å². The first kappa shape index (κ1) is 23.6. The van der Waals surface area contributed by atoms with E-state index in [-0.39, 0.29) is 6.03 Å². The van der Waals surface area contributed by atoms with Gasteiger partial charge in [0.05, 0.1) is 11.4 Å². The molecule has 0 saturated carbocycles. The molecule has 31 heavy (non-hydrogen) atoms. The van der Waals surface area contributed by atoms with Gasteiger partial charge < -0.3 is 21.3 Å². The van der Waals surface area contributed by atoms with E-state index in [1.807, 2.05) is 48.5 Å². The van der Waals surface area contributed by atoms with E-state index < -0.39 is 6.03 Å². The number of hydrogen-bond donors (Lipinski definition) is 4. The third-order valence-corrected chi connectivity index (χ3v) is 6.31. The third-order valence-electron chi connectivity index (χ3n) is 4.28.